The fraction of sp³-hybridized carbons (Fsp3) is 1.00. The number of unbranched alkanes of at least 4 members (excludes halogenated alkanes) is 4. The molecule has 13 heteroatoms. The zero-order valence-electron chi connectivity index (χ0n) is 18.7. The third-order valence-electron chi connectivity index (χ3n) is 2.44. The van der Waals surface area contributed by atoms with Gasteiger partial charge in [-0.05, 0) is 51.9 Å². The predicted octanol–water partition coefficient (Wildman–Crippen LogP) is 2.17. The highest BCUT2D eigenvalue weighted by Crippen LogP contribution is 2.53. The monoisotopic (exact) mass is 470 g/mol. The minimum Gasteiger partial charge on any atom is -0.330 e. The summed E-state index contributed by atoms with van der Waals surface area (Å²) in [6, 6.07) is 0. The van der Waals surface area contributed by atoms with Gasteiger partial charge in [-0.25, -0.2) is 9.13 Å². The van der Waals surface area contributed by atoms with Gasteiger partial charge in [-0.3, -0.25) is 0 Å². The zero-order valence-corrected chi connectivity index (χ0v) is 20.5. The normalized spacial score (nSPS) is 10.1. The van der Waals surface area contributed by atoms with E-state index >= 15 is 0 Å². The van der Waals surface area contributed by atoms with E-state index in [4.69, 9.17) is 42.5 Å². The average molecular weight is 471 g/mol. The van der Waals surface area contributed by atoms with Gasteiger partial charge in [-0.15, -0.1) is 0 Å². The number of hydrogen-bond acceptors (Lipinski definition) is 7. The maximum absolute atomic E-state index is 9.63. The molecule has 0 aromatic carbocycles. The van der Waals surface area contributed by atoms with Crippen LogP contribution in [0, 0.1) is 0 Å². The molecule has 0 radical (unpaired) electrons. The van der Waals surface area contributed by atoms with Gasteiger partial charge in [0.25, 0.3) is 0 Å². The van der Waals surface area contributed by atoms with Gasteiger partial charge in [0.05, 0.1) is 0 Å². The van der Waals surface area contributed by atoms with E-state index in [2.05, 4.69) is 32.0 Å². The first-order valence-corrected chi connectivity index (χ1v) is 13.1. The van der Waals surface area contributed by atoms with E-state index in [1.54, 1.807) is 0 Å². The topological polar surface area (TPSA) is 228 Å². The molecule has 0 aromatic heterocycles. The molecule has 0 aliphatic heterocycles. The van der Waals surface area contributed by atoms with Crippen LogP contribution in [0.1, 0.15) is 79.1 Å². The van der Waals surface area contributed by atoms with Crippen molar-refractivity contribution < 1.29 is 33.0 Å². The molecule has 184 valence electrons. The van der Waals surface area contributed by atoms with Crippen LogP contribution in [0.3, 0.4) is 0 Å². The largest absolute Gasteiger partial charge is 0.478 e. The Morgan fingerprint density at radius 1 is 0.552 bits per heavy atom. The van der Waals surface area contributed by atoms with Gasteiger partial charge in [0.15, 0.2) is 0 Å². The predicted molar refractivity (Wildman–Crippen MR) is 121 cm³/mol. The highest BCUT2D eigenvalue weighted by Gasteiger charge is 2.27. The standard InChI is InChI=1S/4C4H11N.H4O7P2/c4*1-2-3-4-5;1-8(2,3)7-9(4,5)6/h4*2-5H2,1H3;(H2,1,2,3)(H2,4,5,6). The van der Waals surface area contributed by atoms with Crippen LogP contribution in [0.15, 0.2) is 0 Å². The van der Waals surface area contributed by atoms with Gasteiger partial charge in [0.1, 0.15) is 0 Å². The van der Waals surface area contributed by atoms with Crippen molar-refractivity contribution in [2.45, 2.75) is 79.1 Å². The molecule has 29 heavy (non-hydrogen) atoms. The SMILES string of the molecule is CCCCN.CCCCN.CCCCN.CCCCN.O=P(O)(O)OP(=O)(O)O. The van der Waals surface area contributed by atoms with Crippen molar-refractivity contribution in [1.82, 2.24) is 0 Å². The van der Waals surface area contributed by atoms with Crippen LogP contribution in [0.5, 0.6) is 0 Å². The molecular weight excluding hydrogens is 422 g/mol. The van der Waals surface area contributed by atoms with Gasteiger partial charge in [-0.1, -0.05) is 53.4 Å². The van der Waals surface area contributed by atoms with E-state index in [-0.39, 0.29) is 0 Å². The molecule has 0 saturated heterocycles. The molecule has 0 atom stereocenters. The van der Waals surface area contributed by atoms with Gasteiger partial charge < -0.3 is 42.5 Å². The summed E-state index contributed by atoms with van der Waals surface area (Å²) in [7, 11) is -10.1. The van der Waals surface area contributed by atoms with Crippen LogP contribution in [-0.2, 0) is 13.4 Å². The number of nitrogens with two attached hydrogens (primary N) is 4. The molecule has 0 aliphatic carbocycles. The molecule has 0 aromatic rings. The van der Waals surface area contributed by atoms with Crippen LogP contribution in [0.25, 0.3) is 0 Å². The van der Waals surface area contributed by atoms with Crippen LogP contribution >= 0.6 is 15.6 Å². The fourth-order valence-corrected chi connectivity index (χ4v) is 2.06. The van der Waals surface area contributed by atoms with Gasteiger partial charge in [0, 0.05) is 0 Å². The maximum atomic E-state index is 9.63. The summed E-state index contributed by atoms with van der Waals surface area (Å²) in [6.45, 7) is 11.9. The van der Waals surface area contributed by atoms with Crippen molar-refractivity contribution in [1.29, 1.82) is 0 Å². The Hall–Kier alpha value is 0.100. The van der Waals surface area contributed by atoms with Gasteiger partial charge in [0.2, 0.25) is 0 Å². The average Bonchev–Trinajstić information content (AvgIpc) is 2.57. The van der Waals surface area contributed by atoms with Crippen molar-refractivity contribution in [2.75, 3.05) is 26.2 Å². The molecule has 0 fully saturated rings. The van der Waals surface area contributed by atoms with E-state index in [1.807, 2.05) is 0 Å². The zero-order chi connectivity index (χ0) is 24.2. The van der Waals surface area contributed by atoms with Crippen molar-refractivity contribution in [3.05, 3.63) is 0 Å². The number of hydrogen-bond donors (Lipinski definition) is 8. The van der Waals surface area contributed by atoms with Gasteiger partial charge in [-0.2, -0.15) is 4.31 Å². The van der Waals surface area contributed by atoms with Crippen molar-refractivity contribution in [3.63, 3.8) is 0 Å². The van der Waals surface area contributed by atoms with Crippen LogP contribution < -0.4 is 22.9 Å². The Morgan fingerprint density at radius 2 is 0.724 bits per heavy atom. The van der Waals surface area contributed by atoms with E-state index in [0.717, 1.165) is 26.2 Å². The van der Waals surface area contributed by atoms with Crippen LogP contribution in [-0.4, -0.2) is 45.8 Å². The van der Waals surface area contributed by atoms with E-state index in [0.29, 0.717) is 0 Å². The van der Waals surface area contributed by atoms with E-state index in [9.17, 15) is 9.13 Å². The Kier molecular flexibility index (Phi) is 44.7. The second-order valence-corrected chi connectivity index (χ2v) is 8.25. The van der Waals surface area contributed by atoms with Crippen molar-refractivity contribution in [3.8, 4) is 0 Å². The van der Waals surface area contributed by atoms with E-state index in [1.165, 1.54) is 51.4 Å². The molecule has 0 heterocycles. The highest BCUT2D eigenvalue weighted by molar-refractivity contribution is 7.60. The molecule has 0 rings (SSSR count). The first-order chi connectivity index (χ1) is 13.4. The Balaban J connectivity index is -0.0000000853. The molecule has 12 N–H and O–H groups in total. The lowest BCUT2D eigenvalue weighted by Crippen LogP contribution is -1.95. The molecule has 0 unspecified atom stereocenters. The molecular formula is C16H48N4O7P2. The summed E-state index contributed by atoms with van der Waals surface area (Å²) in [5, 5.41) is 0. The Morgan fingerprint density at radius 3 is 0.724 bits per heavy atom. The lowest BCUT2D eigenvalue weighted by molar-refractivity contribution is 0.225. The van der Waals surface area contributed by atoms with Crippen LogP contribution in [0.2, 0.25) is 0 Å². The molecule has 0 amide bonds. The molecule has 0 spiro atoms. The first-order valence-electron chi connectivity index (χ1n) is 9.99. The molecule has 0 saturated carbocycles. The summed E-state index contributed by atoms with van der Waals surface area (Å²) in [6.07, 6.45) is 9.54. The Labute approximate surface area is 177 Å². The van der Waals surface area contributed by atoms with Gasteiger partial charge >= 0.3 is 15.6 Å². The smallest absolute Gasteiger partial charge is 0.330 e. The quantitative estimate of drug-likeness (QED) is 0.216. The Bertz CT molecular complexity index is 304. The van der Waals surface area contributed by atoms with Crippen molar-refractivity contribution in [2.24, 2.45) is 22.9 Å². The first kappa shape index (κ1) is 39.6. The lowest BCUT2D eigenvalue weighted by Gasteiger charge is -2.03. The second kappa shape index (κ2) is 32.8. The molecule has 11 nitrogen and oxygen atoms in total. The molecule has 0 bridgehead atoms. The minimum absolute atomic E-state index is 0.844. The lowest BCUT2D eigenvalue weighted by atomic mass is 10.3. The van der Waals surface area contributed by atoms with Crippen molar-refractivity contribution >= 4 is 15.6 Å². The second-order valence-electron chi connectivity index (χ2n) is 5.63. The molecule has 0 aliphatic rings. The summed E-state index contributed by atoms with van der Waals surface area (Å²) >= 11 is 0. The fourth-order valence-electron chi connectivity index (χ4n) is 0.955. The third-order valence-corrected chi connectivity index (χ3v) is 4.15. The summed E-state index contributed by atoms with van der Waals surface area (Å²) in [5.74, 6) is 0. The highest BCUT2D eigenvalue weighted by atomic mass is 31.3. The number of rotatable bonds is 10. The minimum atomic E-state index is -5.05. The van der Waals surface area contributed by atoms with E-state index < -0.39 is 15.6 Å². The summed E-state index contributed by atoms with van der Waals surface area (Å²) in [4.78, 5) is 31.0. The third kappa shape index (κ3) is 96.3. The summed E-state index contributed by atoms with van der Waals surface area (Å²) in [5.41, 5.74) is 20.6. The number of phosphoric acid groups is 2. The van der Waals surface area contributed by atoms with Crippen LogP contribution in [0.4, 0.5) is 0 Å². The maximum Gasteiger partial charge on any atom is 0.478 e. The summed E-state index contributed by atoms with van der Waals surface area (Å²) < 4.78 is 22.2.